The first-order valence-electron chi connectivity index (χ1n) is 9.73. The Morgan fingerprint density at radius 2 is 2.07 bits per heavy atom. The number of halogens is 3. The van der Waals surface area contributed by atoms with Crippen LogP contribution in [0.1, 0.15) is 30.9 Å². The summed E-state index contributed by atoms with van der Waals surface area (Å²) in [6.45, 7) is 3.45. The Morgan fingerprint density at radius 3 is 2.75 bits per heavy atom. The van der Waals surface area contributed by atoms with Crippen molar-refractivity contribution < 1.29 is 18.0 Å². The average Bonchev–Trinajstić information content (AvgIpc) is 3.12. The number of likely N-dealkylation sites (tertiary alicyclic amines) is 1. The first kappa shape index (κ1) is 20.6. The molecular weight excluding hydrogens is 365 g/mol. The van der Waals surface area contributed by atoms with E-state index >= 15 is 0 Å². The van der Waals surface area contributed by atoms with Crippen LogP contribution in [0.15, 0.2) is 30.3 Å². The van der Waals surface area contributed by atoms with Crippen molar-refractivity contribution in [2.24, 2.45) is 5.92 Å². The van der Waals surface area contributed by atoms with Gasteiger partial charge in [0, 0.05) is 26.1 Å². The maximum absolute atomic E-state index is 13.4. The van der Waals surface area contributed by atoms with Crippen molar-refractivity contribution in [3.05, 3.63) is 47.3 Å². The number of nitrogens with one attached hydrogen (secondary N) is 1. The van der Waals surface area contributed by atoms with Gasteiger partial charge in [-0.2, -0.15) is 8.78 Å². The molecule has 2 aromatic rings. The summed E-state index contributed by atoms with van der Waals surface area (Å²) in [7, 11) is 1.87. The summed E-state index contributed by atoms with van der Waals surface area (Å²) < 4.78 is 40.0. The number of amides is 1. The van der Waals surface area contributed by atoms with Crippen LogP contribution in [0.3, 0.4) is 0 Å². The Bertz CT molecular complexity index is 863. The molecule has 1 saturated heterocycles. The van der Waals surface area contributed by atoms with E-state index in [1.807, 2.05) is 32.2 Å². The van der Waals surface area contributed by atoms with Crippen LogP contribution in [0.4, 0.5) is 13.2 Å². The maximum atomic E-state index is 13.4. The lowest BCUT2D eigenvalue weighted by molar-refractivity contribution is -0.153. The second-order valence-electron chi connectivity index (χ2n) is 7.84. The van der Waals surface area contributed by atoms with E-state index in [9.17, 15) is 18.0 Å². The summed E-state index contributed by atoms with van der Waals surface area (Å²) in [5, 5.41) is 5.23. The predicted molar refractivity (Wildman–Crippen MR) is 105 cm³/mol. The molecule has 1 heterocycles. The van der Waals surface area contributed by atoms with E-state index in [1.54, 1.807) is 0 Å². The lowest BCUT2D eigenvalue weighted by Crippen LogP contribution is -2.42. The quantitative estimate of drug-likeness (QED) is 0.795. The molecule has 2 unspecified atom stereocenters. The van der Waals surface area contributed by atoms with Crippen molar-refractivity contribution in [1.29, 1.82) is 0 Å². The van der Waals surface area contributed by atoms with E-state index in [0.29, 0.717) is 20.0 Å². The molecule has 0 bridgehead atoms. The van der Waals surface area contributed by atoms with E-state index in [4.69, 9.17) is 0 Å². The van der Waals surface area contributed by atoms with E-state index in [1.165, 1.54) is 22.6 Å². The Balaban J connectivity index is 1.66. The molecule has 1 aliphatic heterocycles. The maximum Gasteiger partial charge on any atom is 0.322 e. The SMILES string of the molecule is CNC(CCc1ccc2cc(F)ccc2c1C)C1CCN(C(=O)C(C)(F)F)C1. The molecule has 0 aromatic heterocycles. The molecule has 2 atom stereocenters. The van der Waals surface area contributed by atoms with Crippen LogP contribution in [0.5, 0.6) is 0 Å². The standard InChI is InChI=1S/C22H27F3N2O/c1-14-15(4-5-16-12-18(23)7-8-19(14)16)6-9-20(26-3)17-10-11-27(13-17)21(28)22(2,24)25/h4-5,7-8,12,17,20,26H,6,9-11,13H2,1-3H3. The molecule has 0 aliphatic carbocycles. The molecule has 1 N–H and O–H groups in total. The summed E-state index contributed by atoms with van der Waals surface area (Å²) in [4.78, 5) is 13.1. The summed E-state index contributed by atoms with van der Waals surface area (Å²) in [5.74, 6) is -4.48. The van der Waals surface area contributed by atoms with Gasteiger partial charge in [0.15, 0.2) is 0 Å². The second-order valence-corrected chi connectivity index (χ2v) is 7.84. The lowest BCUT2D eigenvalue weighted by Gasteiger charge is -2.25. The molecule has 0 saturated carbocycles. The minimum Gasteiger partial charge on any atom is -0.337 e. The first-order chi connectivity index (χ1) is 13.2. The third kappa shape index (κ3) is 4.32. The molecule has 1 aliphatic rings. The molecule has 0 radical (unpaired) electrons. The molecule has 6 heteroatoms. The Hall–Kier alpha value is -2.08. The molecule has 28 heavy (non-hydrogen) atoms. The van der Waals surface area contributed by atoms with Gasteiger partial charge in [0.05, 0.1) is 0 Å². The number of nitrogens with zero attached hydrogens (tertiary/aromatic N) is 1. The zero-order valence-electron chi connectivity index (χ0n) is 16.6. The molecule has 1 fully saturated rings. The Kier molecular flexibility index (Phi) is 5.98. The van der Waals surface area contributed by atoms with Crippen molar-refractivity contribution in [2.75, 3.05) is 20.1 Å². The molecule has 3 nitrogen and oxygen atoms in total. The predicted octanol–water partition coefficient (Wildman–Crippen LogP) is 4.31. The fraction of sp³-hybridized carbons (Fsp3) is 0.500. The largest absolute Gasteiger partial charge is 0.337 e. The summed E-state index contributed by atoms with van der Waals surface area (Å²) in [6, 6.07) is 8.94. The van der Waals surface area contributed by atoms with E-state index in [-0.39, 0.29) is 17.8 Å². The van der Waals surface area contributed by atoms with E-state index < -0.39 is 11.8 Å². The average molecular weight is 392 g/mol. The van der Waals surface area contributed by atoms with Crippen molar-refractivity contribution in [3.63, 3.8) is 0 Å². The lowest BCUT2D eigenvalue weighted by atomic mass is 9.90. The number of carbonyl (C=O) groups excluding carboxylic acids is 1. The van der Waals surface area contributed by atoms with E-state index in [2.05, 4.69) is 5.32 Å². The molecule has 1 amide bonds. The zero-order chi connectivity index (χ0) is 20.5. The van der Waals surface area contributed by atoms with Crippen LogP contribution in [0.2, 0.25) is 0 Å². The second kappa shape index (κ2) is 8.11. The zero-order valence-corrected chi connectivity index (χ0v) is 16.6. The molecule has 152 valence electrons. The first-order valence-corrected chi connectivity index (χ1v) is 9.73. The van der Waals surface area contributed by atoms with Gasteiger partial charge in [-0.25, -0.2) is 4.39 Å². The van der Waals surface area contributed by atoms with Crippen molar-refractivity contribution >= 4 is 16.7 Å². The number of aryl methyl sites for hydroxylation is 2. The third-order valence-corrected chi connectivity index (χ3v) is 5.92. The Morgan fingerprint density at radius 1 is 1.32 bits per heavy atom. The number of benzene rings is 2. The fourth-order valence-electron chi connectivity index (χ4n) is 4.28. The highest BCUT2D eigenvalue weighted by molar-refractivity contribution is 5.86. The topological polar surface area (TPSA) is 32.3 Å². The highest BCUT2D eigenvalue weighted by atomic mass is 19.3. The van der Waals surface area contributed by atoms with Crippen LogP contribution in [-0.2, 0) is 11.2 Å². The van der Waals surface area contributed by atoms with Crippen LogP contribution in [0, 0.1) is 18.7 Å². The highest BCUT2D eigenvalue weighted by Gasteiger charge is 2.40. The van der Waals surface area contributed by atoms with Gasteiger partial charge in [-0.3, -0.25) is 4.79 Å². The minimum absolute atomic E-state index is 0.145. The monoisotopic (exact) mass is 392 g/mol. The van der Waals surface area contributed by atoms with Gasteiger partial charge in [0.1, 0.15) is 5.82 Å². The molecular formula is C22H27F3N2O. The number of carbonyl (C=O) groups is 1. The third-order valence-electron chi connectivity index (χ3n) is 5.92. The van der Waals surface area contributed by atoms with Gasteiger partial charge < -0.3 is 10.2 Å². The van der Waals surface area contributed by atoms with Gasteiger partial charge in [-0.05, 0) is 73.2 Å². The van der Waals surface area contributed by atoms with Gasteiger partial charge in [0.25, 0.3) is 5.91 Å². The van der Waals surface area contributed by atoms with Crippen molar-refractivity contribution in [2.45, 2.75) is 45.1 Å². The van der Waals surface area contributed by atoms with Gasteiger partial charge in [0.2, 0.25) is 0 Å². The molecule has 3 rings (SSSR count). The molecule has 0 spiro atoms. The van der Waals surface area contributed by atoms with Gasteiger partial charge in [-0.15, -0.1) is 0 Å². The van der Waals surface area contributed by atoms with Gasteiger partial charge >= 0.3 is 5.92 Å². The number of fused-ring (bicyclic) bond motifs is 1. The summed E-state index contributed by atoms with van der Waals surface area (Å²) in [5.41, 5.74) is 2.34. The summed E-state index contributed by atoms with van der Waals surface area (Å²) >= 11 is 0. The van der Waals surface area contributed by atoms with Gasteiger partial charge in [-0.1, -0.05) is 18.2 Å². The van der Waals surface area contributed by atoms with Crippen molar-refractivity contribution in [3.8, 4) is 0 Å². The Labute approximate surface area is 163 Å². The number of hydrogen-bond acceptors (Lipinski definition) is 2. The van der Waals surface area contributed by atoms with Crippen LogP contribution >= 0.6 is 0 Å². The normalized spacial score (nSPS) is 18.6. The minimum atomic E-state index is -3.31. The van der Waals surface area contributed by atoms with E-state index in [0.717, 1.165) is 35.6 Å². The van der Waals surface area contributed by atoms with Crippen LogP contribution < -0.4 is 5.32 Å². The number of rotatable bonds is 6. The van der Waals surface area contributed by atoms with Crippen molar-refractivity contribution in [1.82, 2.24) is 10.2 Å². The fourth-order valence-corrected chi connectivity index (χ4v) is 4.28. The smallest absolute Gasteiger partial charge is 0.322 e. The van der Waals surface area contributed by atoms with Crippen LogP contribution in [-0.4, -0.2) is 42.9 Å². The number of alkyl halides is 2. The van der Waals surface area contributed by atoms with Crippen LogP contribution in [0.25, 0.3) is 10.8 Å². The number of hydrogen-bond donors (Lipinski definition) is 1. The highest BCUT2D eigenvalue weighted by Crippen LogP contribution is 2.28. The molecule has 2 aromatic carbocycles. The summed E-state index contributed by atoms with van der Waals surface area (Å²) in [6.07, 6.45) is 2.40.